The van der Waals surface area contributed by atoms with Gasteiger partial charge in [0.15, 0.2) is 5.60 Å². The summed E-state index contributed by atoms with van der Waals surface area (Å²) in [6.45, 7) is 5.20. The Labute approximate surface area is 361 Å². The SMILES string of the molecule is CCc1c(C#N)c(OC)c2ccccc2c1C(=O)N(C)C[C@@H](CCN1CCC(c2ccccc2S(C)=O)CC1)c1ccc(Cl)c(Cl)c1.O=C(O)CC(O)(CC(=O)O)C(=O)O. The first-order valence-electron chi connectivity index (χ1n) is 19.2. The Morgan fingerprint density at radius 3 is 2.10 bits per heavy atom. The van der Waals surface area contributed by atoms with Crippen LogP contribution in [0.4, 0.5) is 0 Å². The van der Waals surface area contributed by atoms with Crippen LogP contribution < -0.4 is 4.74 Å². The number of hydrogen-bond donors (Lipinski definition) is 4. The molecule has 13 nitrogen and oxygen atoms in total. The van der Waals surface area contributed by atoms with E-state index in [1.807, 2.05) is 74.6 Å². The third-order valence-electron chi connectivity index (χ3n) is 10.7. The molecule has 1 aliphatic rings. The lowest BCUT2D eigenvalue weighted by atomic mass is 9.88. The van der Waals surface area contributed by atoms with Gasteiger partial charge in [-0.25, -0.2) is 4.79 Å². The largest absolute Gasteiger partial charge is 0.495 e. The number of likely N-dealkylation sites (N-methyl/N-ethyl adjacent to an activating group) is 1. The van der Waals surface area contributed by atoms with Crippen molar-refractivity contribution in [3.63, 3.8) is 0 Å². The Hall–Kier alpha value is -5.04. The minimum absolute atomic E-state index is 0.00436. The molecular weight excluding hydrogens is 833 g/mol. The number of benzene rings is 4. The third kappa shape index (κ3) is 11.6. The lowest BCUT2D eigenvalue weighted by Gasteiger charge is -2.34. The van der Waals surface area contributed by atoms with Crippen molar-refractivity contribution in [3.8, 4) is 11.8 Å². The first-order valence-corrected chi connectivity index (χ1v) is 21.5. The summed E-state index contributed by atoms with van der Waals surface area (Å²) in [6, 6.07) is 23.8. The number of hydrogen-bond acceptors (Lipinski definition) is 9. The van der Waals surface area contributed by atoms with E-state index in [0.717, 1.165) is 60.1 Å². The molecule has 4 aromatic carbocycles. The standard InChI is InChI=1S/C38H41Cl2N3O3S.C6H8O7/c1-5-28-32(23-41)37(46-3)31-12-7-6-11-30(31)36(28)38(44)42(2)24-27(26-14-15-33(39)34(40)22-26)18-21-43-19-16-25(17-20-43)29-10-8-9-13-35(29)47(4)45;7-3(8)1-6(13,5(11)12)2-4(9)10/h6-15,22,25,27H,5,16-21,24H2,1-4H3;13H,1-2H2,(H,7,8)(H,9,10)(H,11,12)/t27-,47?;/m1./s1. The smallest absolute Gasteiger partial charge is 0.336 e. The second kappa shape index (κ2) is 21.5. The van der Waals surface area contributed by atoms with E-state index in [9.17, 15) is 28.6 Å². The highest BCUT2D eigenvalue weighted by Gasteiger charge is 2.41. The van der Waals surface area contributed by atoms with E-state index < -0.39 is 47.2 Å². The molecule has 320 valence electrons. The highest BCUT2D eigenvalue weighted by molar-refractivity contribution is 7.84. The maximum atomic E-state index is 14.3. The molecule has 2 atom stereocenters. The van der Waals surface area contributed by atoms with Crippen molar-refractivity contribution >= 4 is 68.6 Å². The summed E-state index contributed by atoms with van der Waals surface area (Å²) < 4.78 is 18.0. The van der Waals surface area contributed by atoms with Crippen molar-refractivity contribution < 1.29 is 48.6 Å². The van der Waals surface area contributed by atoms with Gasteiger partial charge in [0.1, 0.15) is 11.8 Å². The number of aliphatic carboxylic acids is 3. The molecule has 1 amide bonds. The van der Waals surface area contributed by atoms with Crippen LogP contribution in [0, 0.1) is 11.3 Å². The van der Waals surface area contributed by atoms with E-state index in [1.54, 1.807) is 18.3 Å². The van der Waals surface area contributed by atoms with Crippen LogP contribution in [-0.2, 0) is 31.6 Å². The molecule has 1 aliphatic heterocycles. The Balaban J connectivity index is 0.000000526. The van der Waals surface area contributed by atoms with Crippen LogP contribution in [0.1, 0.15) is 83.5 Å². The zero-order valence-electron chi connectivity index (χ0n) is 33.8. The molecule has 4 N–H and O–H groups in total. The summed E-state index contributed by atoms with van der Waals surface area (Å²) in [7, 11) is 2.38. The van der Waals surface area contributed by atoms with Crippen molar-refractivity contribution in [3.05, 3.63) is 105 Å². The molecule has 1 unspecified atom stereocenters. The van der Waals surface area contributed by atoms with Crippen molar-refractivity contribution in [1.29, 1.82) is 5.26 Å². The number of amides is 1. The predicted octanol–water partition coefficient (Wildman–Crippen LogP) is 7.20. The predicted molar refractivity (Wildman–Crippen MR) is 230 cm³/mol. The van der Waals surface area contributed by atoms with E-state index in [1.165, 1.54) is 5.56 Å². The fraction of sp³-hybridized carbons (Fsp3) is 0.386. The highest BCUT2D eigenvalue weighted by Crippen LogP contribution is 2.38. The zero-order chi connectivity index (χ0) is 44.3. The lowest BCUT2D eigenvalue weighted by molar-refractivity contribution is -0.170. The van der Waals surface area contributed by atoms with Gasteiger partial charge in [0, 0.05) is 36.0 Å². The van der Waals surface area contributed by atoms with Crippen LogP contribution in [0.15, 0.2) is 71.6 Å². The topological polar surface area (TPSA) is 206 Å². The summed E-state index contributed by atoms with van der Waals surface area (Å²) in [5.41, 5.74) is 1.15. The number of carboxylic acid groups (broad SMARTS) is 3. The molecule has 60 heavy (non-hydrogen) atoms. The normalized spacial score (nSPS) is 14.3. The van der Waals surface area contributed by atoms with Gasteiger partial charge < -0.3 is 35.0 Å². The number of likely N-dealkylation sites (tertiary alicyclic amines) is 1. The van der Waals surface area contributed by atoms with E-state index >= 15 is 0 Å². The van der Waals surface area contributed by atoms with E-state index in [-0.39, 0.29) is 11.8 Å². The number of carbonyl (C=O) groups is 4. The Morgan fingerprint density at radius 2 is 1.57 bits per heavy atom. The number of rotatable bonds is 16. The Morgan fingerprint density at radius 1 is 0.967 bits per heavy atom. The number of nitriles is 1. The van der Waals surface area contributed by atoms with E-state index in [2.05, 4.69) is 17.0 Å². The number of methoxy groups -OCH3 is 1. The molecule has 0 saturated carbocycles. The van der Waals surface area contributed by atoms with Gasteiger partial charge in [-0.1, -0.05) is 78.7 Å². The molecule has 0 radical (unpaired) electrons. The van der Waals surface area contributed by atoms with Crippen LogP contribution in [0.25, 0.3) is 10.8 Å². The fourth-order valence-electron chi connectivity index (χ4n) is 7.72. The number of carboxylic acids is 3. The Kier molecular flexibility index (Phi) is 17.0. The first-order chi connectivity index (χ1) is 28.5. The summed E-state index contributed by atoms with van der Waals surface area (Å²) in [4.78, 5) is 50.0. The van der Waals surface area contributed by atoms with Crippen LogP contribution in [0.2, 0.25) is 10.0 Å². The number of halogens is 2. The molecule has 0 aliphatic carbocycles. The molecule has 0 bridgehead atoms. The molecule has 1 heterocycles. The minimum Gasteiger partial charge on any atom is -0.495 e. The second-order valence-electron chi connectivity index (χ2n) is 14.7. The minimum atomic E-state index is -2.74. The quantitative estimate of drug-likeness (QED) is 0.0882. The Bertz CT molecular complexity index is 2270. The summed E-state index contributed by atoms with van der Waals surface area (Å²) in [6.07, 6.45) is 2.82. The number of piperidine rings is 1. The van der Waals surface area contributed by atoms with Gasteiger partial charge >= 0.3 is 17.9 Å². The number of fused-ring (bicyclic) bond motifs is 1. The van der Waals surface area contributed by atoms with Crippen LogP contribution in [-0.4, -0.2) is 110 Å². The average Bonchev–Trinajstić information content (AvgIpc) is 3.21. The van der Waals surface area contributed by atoms with Gasteiger partial charge in [0.05, 0.1) is 51.9 Å². The van der Waals surface area contributed by atoms with Crippen LogP contribution in [0.5, 0.6) is 5.75 Å². The molecule has 1 fully saturated rings. The fourth-order valence-corrected chi connectivity index (χ4v) is 8.86. The van der Waals surface area contributed by atoms with Gasteiger partial charge in [-0.3, -0.25) is 18.6 Å². The van der Waals surface area contributed by atoms with Crippen molar-refractivity contribution in [2.75, 3.05) is 46.6 Å². The maximum absolute atomic E-state index is 14.3. The first kappa shape index (κ1) is 47.6. The number of carbonyl (C=O) groups excluding carboxylic acids is 1. The van der Waals surface area contributed by atoms with Crippen molar-refractivity contribution in [2.24, 2.45) is 0 Å². The van der Waals surface area contributed by atoms with Gasteiger partial charge in [-0.2, -0.15) is 5.26 Å². The lowest BCUT2D eigenvalue weighted by Crippen LogP contribution is -2.42. The third-order valence-corrected chi connectivity index (χ3v) is 12.5. The molecule has 5 rings (SSSR count). The molecule has 0 aromatic heterocycles. The highest BCUT2D eigenvalue weighted by atomic mass is 35.5. The maximum Gasteiger partial charge on any atom is 0.336 e. The summed E-state index contributed by atoms with van der Waals surface area (Å²) >= 11 is 12.8. The van der Waals surface area contributed by atoms with E-state index in [4.69, 9.17) is 48.4 Å². The number of ether oxygens (including phenoxy) is 1. The molecular formula is C44H49Cl2N3O10S. The summed E-state index contributed by atoms with van der Waals surface area (Å²) in [5.74, 6) is -4.25. The van der Waals surface area contributed by atoms with Crippen LogP contribution >= 0.6 is 23.2 Å². The zero-order valence-corrected chi connectivity index (χ0v) is 36.1. The van der Waals surface area contributed by atoms with Gasteiger partial charge in [0.2, 0.25) is 0 Å². The molecule has 4 aromatic rings. The number of aliphatic hydroxyl groups is 1. The van der Waals surface area contributed by atoms with Crippen molar-refractivity contribution in [1.82, 2.24) is 9.80 Å². The molecule has 0 spiro atoms. The van der Waals surface area contributed by atoms with Gasteiger partial charge in [-0.05, 0) is 91.5 Å². The molecule has 1 saturated heterocycles. The van der Waals surface area contributed by atoms with Gasteiger partial charge in [0.25, 0.3) is 5.91 Å². The van der Waals surface area contributed by atoms with Crippen LogP contribution in [0.3, 0.4) is 0 Å². The van der Waals surface area contributed by atoms with Crippen molar-refractivity contribution in [2.45, 2.75) is 67.8 Å². The average molecular weight is 883 g/mol. The van der Waals surface area contributed by atoms with Gasteiger partial charge in [-0.15, -0.1) is 0 Å². The second-order valence-corrected chi connectivity index (χ2v) is 16.9. The molecule has 16 heteroatoms. The van der Waals surface area contributed by atoms with E-state index in [0.29, 0.717) is 51.4 Å². The monoisotopic (exact) mass is 881 g/mol. The summed E-state index contributed by atoms with van der Waals surface area (Å²) in [5, 5.41) is 46.4. The number of nitrogens with zero attached hydrogens (tertiary/aromatic N) is 3.